The number of rotatable bonds is 17. The number of hydrogen-bond donors (Lipinski definition) is 10. The first-order valence-corrected chi connectivity index (χ1v) is 26.6. The molecule has 12 N–H and O–H groups in total. The van der Waals surface area contributed by atoms with Crippen LogP contribution in [-0.4, -0.2) is 138 Å². The first-order chi connectivity index (χ1) is 29.2. The lowest BCUT2D eigenvalue weighted by atomic mass is 10.2. The molecule has 14 atom stereocenters. The molecule has 0 aliphatic carbocycles. The second-order valence-corrected chi connectivity index (χ2v) is 23.0. The van der Waals surface area contributed by atoms with Gasteiger partial charge in [0.2, 0.25) is 6.35 Å². The minimum absolute atomic E-state index is 0.0355. The molecule has 26 nitrogen and oxygen atoms in total. The van der Waals surface area contributed by atoms with Gasteiger partial charge in [0.1, 0.15) is 60.5 Å². The second kappa shape index (κ2) is 19.5. The highest BCUT2D eigenvalue weighted by Crippen LogP contribution is 2.52. The molecule has 0 spiro atoms. The number of fused-ring (bicyclic) bond motifs is 1. The van der Waals surface area contributed by atoms with E-state index in [1.54, 1.807) is 10.9 Å². The van der Waals surface area contributed by atoms with Gasteiger partial charge in [0.05, 0.1) is 51.1 Å². The third kappa shape index (κ3) is 11.3. The van der Waals surface area contributed by atoms with Crippen LogP contribution in [0.4, 0.5) is 11.6 Å². The molecule has 7 heterocycles. The van der Waals surface area contributed by atoms with Crippen molar-refractivity contribution >= 4 is 73.1 Å². The van der Waals surface area contributed by atoms with E-state index in [2.05, 4.69) is 25.9 Å². The standard InChI is InChI=1S/C30H47N10O16P3S3/c1-14-8-39(30(44)37-28(14)42)24-7-17(19(54-24)10-49-57(45,60)48-2)56-59(47,62)51-11-20-16(6-23(53-20)38-4-3-21(31)36-29(38)43)55-58(46,61)50-9-18-15(41)5-22(52-18)40-13-35-25-26(32)33-12-34-27(25)40/h3-4,8,13,15-20,22-24,26,30,33-34,41,44H,5-7,9-12,32H2,1-2H3,(H,37,42)(H,45,60)(H,46,61)(H,47,62)(H2,31,36,43)/t15-,16-,17-,18-,19-,20-,22-,23-,24-,26?,30?,57?,58?,59?/m1/s1. The van der Waals surface area contributed by atoms with Crippen LogP contribution in [0.25, 0.3) is 0 Å². The molecule has 2 aromatic rings. The van der Waals surface area contributed by atoms with Crippen molar-refractivity contribution < 1.29 is 71.0 Å². The number of carbonyl (C=O) groups excluding carboxylic acids is 1. The van der Waals surface area contributed by atoms with Crippen LogP contribution in [0.2, 0.25) is 0 Å². The lowest BCUT2D eigenvalue weighted by Crippen LogP contribution is -2.53. The second-order valence-electron chi connectivity index (χ2n) is 14.5. The molecule has 5 aliphatic rings. The molecule has 32 heteroatoms. The third-order valence-corrected chi connectivity index (χ3v) is 15.2. The number of aliphatic hydroxyl groups is 2. The Bertz CT molecular complexity index is 2210. The smallest absolute Gasteiger partial charge is 0.351 e. The molecule has 5 unspecified atom stereocenters. The van der Waals surface area contributed by atoms with Crippen LogP contribution in [0.1, 0.15) is 50.5 Å². The number of ether oxygens (including phenoxy) is 3. The Morgan fingerprint density at radius 2 is 1.47 bits per heavy atom. The lowest BCUT2D eigenvalue weighted by molar-refractivity contribution is -0.142. The monoisotopic (exact) mass is 992 g/mol. The zero-order valence-electron chi connectivity index (χ0n) is 32.8. The molecule has 0 saturated carbocycles. The Kier molecular flexibility index (Phi) is 15.1. The average molecular weight is 993 g/mol. The molecule has 1 amide bonds. The fourth-order valence-electron chi connectivity index (χ4n) is 7.16. The summed E-state index contributed by atoms with van der Waals surface area (Å²) in [6.45, 7) is -11.5. The summed E-state index contributed by atoms with van der Waals surface area (Å²) in [6, 6.07) is 1.37. The van der Waals surface area contributed by atoms with E-state index in [0.717, 1.165) is 11.7 Å². The van der Waals surface area contributed by atoms with E-state index < -0.39 is 113 Å². The van der Waals surface area contributed by atoms with Crippen molar-refractivity contribution in [1.82, 2.24) is 34.6 Å². The van der Waals surface area contributed by atoms with Crippen LogP contribution in [0.15, 0.2) is 35.2 Å². The van der Waals surface area contributed by atoms with Crippen LogP contribution in [0.3, 0.4) is 0 Å². The molecule has 0 aromatic carbocycles. The number of aliphatic hydroxyl groups excluding tert-OH is 2. The van der Waals surface area contributed by atoms with Crippen LogP contribution in [0, 0.1) is 0 Å². The predicted molar refractivity (Wildman–Crippen MR) is 224 cm³/mol. The molecular formula is C30H47N10O16P3S3. The van der Waals surface area contributed by atoms with Crippen molar-refractivity contribution in [1.29, 1.82) is 0 Å². The first kappa shape index (κ1) is 48.0. The van der Waals surface area contributed by atoms with Crippen LogP contribution < -0.4 is 33.1 Å². The molecular weight excluding hydrogens is 946 g/mol. The number of nitrogens with zero attached hydrogens (tertiary/aromatic N) is 5. The molecule has 3 saturated heterocycles. The van der Waals surface area contributed by atoms with E-state index in [1.807, 2.05) is 0 Å². The highest BCUT2D eigenvalue weighted by Gasteiger charge is 2.47. The molecule has 62 heavy (non-hydrogen) atoms. The van der Waals surface area contributed by atoms with Crippen molar-refractivity contribution in [2.75, 3.05) is 44.6 Å². The maximum absolute atomic E-state index is 12.8. The van der Waals surface area contributed by atoms with Gasteiger partial charge in [-0.3, -0.25) is 19.2 Å². The van der Waals surface area contributed by atoms with Gasteiger partial charge in [-0.1, -0.05) is 0 Å². The first-order valence-electron chi connectivity index (χ1n) is 18.8. The topological polar surface area (TPSA) is 345 Å². The van der Waals surface area contributed by atoms with E-state index in [1.165, 1.54) is 30.3 Å². The molecule has 346 valence electrons. The van der Waals surface area contributed by atoms with Gasteiger partial charge in [0, 0.05) is 44.3 Å². The highest BCUT2D eigenvalue weighted by atomic mass is 32.5. The summed E-state index contributed by atoms with van der Waals surface area (Å²) in [7, 11) is 1.16. The Morgan fingerprint density at radius 1 is 0.887 bits per heavy atom. The Labute approximate surface area is 368 Å². The largest absolute Gasteiger partial charge is 0.390 e. The number of nitrogen functional groups attached to an aromatic ring is 1. The third-order valence-electron chi connectivity index (χ3n) is 10.3. The van der Waals surface area contributed by atoms with Gasteiger partial charge in [0.15, 0.2) is 0 Å². The van der Waals surface area contributed by atoms with Crippen molar-refractivity contribution in [3.8, 4) is 0 Å². The summed E-state index contributed by atoms with van der Waals surface area (Å²) in [5.41, 5.74) is 11.9. The summed E-state index contributed by atoms with van der Waals surface area (Å²) in [5, 5.41) is 30.0. The molecule has 5 aliphatic heterocycles. The van der Waals surface area contributed by atoms with Gasteiger partial charge in [-0.2, -0.15) is 4.98 Å². The fraction of sp³-hybridized carbons (Fsp3) is 0.667. The summed E-state index contributed by atoms with van der Waals surface area (Å²) in [4.78, 5) is 67.2. The fourth-order valence-corrected chi connectivity index (χ4v) is 10.7. The number of aromatic nitrogens is 4. The Balaban J connectivity index is 1.02. The molecule has 7 rings (SSSR count). The van der Waals surface area contributed by atoms with Gasteiger partial charge in [-0.05, 0) is 48.4 Å². The van der Waals surface area contributed by atoms with Gasteiger partial charge in [-0.25, -0.2) is 9.78 Å². The zero-order chi connectivity index (χ0) is 44.7. The summed E-state index contributed by atoms with van der Waals surface area (Å²) in [6.07, 6.45) is -6.81. The van der Waals surface area contributed by atoms with Gasteiger partial charge >= 0.3 is 25.8 Å². The zero-order valence-corrected chi connectivity index (χ0v) is 37.9. The Hall–Kier alpha value is -1.99. The number of nitrogens with two attached hydrogens (primary N) is 2. The van der Waals surface area contributed by atoms with Crippen molar-refractivity contribution in [2.24, 2.45) is 5.73 Å². The molecule has 3 fully saturated rings. The number of nitrogens with one attached hydrogen (secondary N) is 3. The number of anilines is 2. The van der Waals surface area contributed by atoms with E-state index in [-0.39, 0.29) is 37.3 Å². The predicted octanol–water partition coefficient (Wildman–Crippen LogP) is -1.57. The van der Waals surface area contributed by atoms with E-state index in [0.29, 0.717) is 18.2 Å². The maximum Gasteiger partial charge on any atom is 0.351 e. The van der Waals surface area contributed by atoms with Crippen molar-refractivity contribution in [3.05, 3.63) is 46.5 Å². The lowest BCUT2D eigenvalue weighted by Gasteiger charge is -2.35. The van der Waals surface area contributed by atoms with Gasteiger partial charge in [0.25, 0.3) is 5.91 Å². The Morgan fingerprint density at radius 3 is 2.11 bits per heavy atom. The SMILES string of the molecule is COP(O)(=S)OC[C@H]1O[C@@H](N2C=C(C)C(=O)NC2O)C[C@H]1OP(O)(=S)OC[C@H]1O[C@@H](n2ccc(N)nc2=O)C[C@H]1OP(O)(=S)OC[C@H]1O[C@@H](n2cnc3c2NCNC3N)C[C@H]1O. The molecule has 0 bridgehead atoms. The summed E-state index contributed by atoms with van der Waals surface area (Å²) in [5.74, 6) is 0.0976. The minimum atomic E-state index is -4.25. The molecule has 0 radical (unpaired) electrons. The number of carbonyl (C=O) groups is 1. The number of hydrogen-bond acceptors (Lipinski definition) is 23. The number of amides is 1. The van der Waals surface area contributed by atoms with E-state index in [9.17, 15) is 34.5 Å². The number of imidazole rings is 1. The van der Waals surface area contributed by atoms with E-state index >= 15 is 0 Å². The van der Waals surface area contributed by atoms with Crippen LogP contribution in [0.5, 0.6) is 0 Å². The van der Waals surface area contributed by atoms with E-state index in [4.69, 9.17) is 88.2 Å². The van der Waals surface area contributed by atoms with Crippen LogP contribution in [-0.2, 0) is 81.6 Å². The summed E-state index contributed by atoms with van der Waals surface area (Å²) < 4.78 is 54.5. The van der Waals surface area contributed by atoms with Crippen molar-refractivity contribution in [3.63, 3.8) is 0 Å². The minimum Gasteiger partial charge on any atom is -0.390 e. The highest BCUT2D eigenvalue weighted by molar-refractivity contribution is 8.07. The maximum atomic E-state index is 12.8. The average Bonchev–Trinajstić information content (AvgIpc) is 3.99. The quantitative estimate of drug-likeness (QED) is 0.0801. The van der Waals surface area contributed by atoms with Gasteiger partial charge < -0.3 is 93.2 Å². The van der Waals surface area contributed by atoms with Crippen LogP contribution >= 0.6 is 20.2 Å². The van der Waals surface area contributed by atoms with Gasteiger partial charge in [-0.15, -0.1) is 0 Å². The van der Waals surface area contributed by atoms with Crippen molar-refractivity contribution in [2.45, 2.75) is 94.0 Å². The normalized spacial score (nSPS) is 34.1. The molecule has 2 aromatic heterocycles. The summed E-state index contributed by atoms with van der Waals surface area (Å²) >= 11 is 15.7.